The van der Waals surface area contributed by atoms with Crippen molar-refractivity contribution in [2.45, 2.75) is 38.1 Å². The number of carbonyl (C=O) groups is 1. The third-order valence-corrected chi connectivity index (χ3v) is 4.19. The molecule has 2 bridgehead atoms. The minimum atomic E-state index is -0.645. The van der Waals surface area contributed by atoms with Crippen LogP contribution >= 0.6 is 0 Å². The monoisotopic (exact) mass is 238 g/mol. The van der Waals surface area contributed by atoms with Gasteiger partial charge in [0.05, 0.1) is 13.2 Å². The molecule has 1 heterocycles. The van der Waals surface area contributed by atoms with Crippen LogP contribution in [0, 0.1) is 11.8 Å². The molecule has 1 aliphatic heterocycles. The number of fused-ring (bicyclic) bond motifs is 3. The second kappa shape index (κ2) is 3.82. The molecule has 0 amide bonds. The van der Waals surface area contributed by atoms with E-state index < -0.39 is 5.79 Å². The Morgan fingerprint density at radius 3 is 2.71 bits per heavy atom. The highest BCUT2D eigenvalue weighted by molar-refractivity contribution is 5.87. The molecule has 4 nitrogen and oxygen atoms in total. The highest BCUT2D eigenvalue weighted by atomic mass is 16.8. The summed E-state index contributed by atoms with van der Waals surface area (Å²) in [6.45, 7) is 6.49. The largest absolute Gasteiger partial charge is 0.453 e. The van der Waals surface area contributed by atoms with Crippen molar-refractivity contribution in [2.24, 2.45) is 11.8 Å². The average Bonchev–Trinajstić information content (AvgIpc) is 2.98. The van der Waals surface area contributed by atoms with Gasteiger partial charge in [-0.05, 0) is 26.2 Å². The van der Waals surface area contributed by atoms with Crippen molar-refractivity contribution in [3.8, 4) is 0 Å². The summed E-state index contributed by atoms with van der Waals surface area (Å²) in [7, 11) is 0. The topological polar surface area (TPSA) is 44.8 Å². The standard InChI is InChI=1S/C13H18O4/c1-8(2)12(14)17-11-9-3-4-10(7-9)13(11)15-5-6-16-13/h9-11H,1,3-7H2,2H3. The third kappa shape index (κ3) is 1.54. The lowest BCUT2D eigenvalue weighted by Crippen LogP contribution is -2.50. The normalized spacial score (nSPS) is 37.6. The van der Waals surface area contributed by atoms with E-state index in [-0.39, 0.29) is 12.1 Å². The van der Waals surface area contributed by atoms with Gasteiger partial charge in [0.15, 0.2) is 6.10 Å². The molecule has 3 aliphatic rings. The fourth-order valence-electron chi connectivity index (χ4n) is 3.46. The Labute approximate surface area is 101 Å². The number of carbonyl (C=O) groups excluding carboxylic acids is 1. The zero-order chi connectivity index (χ0) is 12.0. The first-order valence-corrected chi connectivity index (χ1v) is 6.28. The summed E-state index contributed by atoms with van der Waals surface area (Å²) < 4.78 is 17.2. The van der Waals surface area contributed by atoms with E-state index in [1.54, 1.807) is 6.92 Å². The van der Waals surface area contributed by atoms with E-state index in [9.17, 15) is 4.79 Å². The van der Waals surface area contributed by atoms with Crippen molar-refractivity contribution in [3.05, 3.63) is 12.2 Å². The summed E-state index contributed by atoms with van der Waals surface area (Å²) in [5.74, 6) is -0.200. The average molecular weight is 238 g/mol. The second-order valence-corrected chi connectivity index (χ2v) is 5.29. The van der Waals surface area contributed by atoms with Crippen LogP contribution in [-0.2, 0) is 19.0 Å². The van der Waals surface area contributed by atoms with Crippen molar-refractivity contribution in [3.63, 3.8) is 0 Å². The van der Waals surface area contributed by atoms with Crippen LogP contribution in [0.1, 0.15) is 26.2 Å². The Morgan fingerprint density at radius 2 is 2.06 bits per heavy atom. The zero-order valence-corrected chi connectivity index (χ0v) is 10.1. The smallest absolute Gasteiger partial charge is 0.333 e. The maximum absolute atomic E-state index is 11.7. The molecule has 1 saturated heterocycles. The molecule has 3 atom stereocenters. The Morgan fingerprint density at radius 1 is 1.35 bits per heavy atom. The van der Waals surface area contributed by atoms with Crippen LogP contribution in [0.15, 0.2) is 12.2 Å². The van der Waals surface area contributed by atoms with Crippen molar-refractivity contribution in [2.75, 3.05) is 13.2 Å². The maximum Gasteiger partial charge on any atom is 0.333 e. The van der Waals surface area contributed by atoms with Crippen LogP contribution in [0.3, 0.4) is 0 Å². The number of ether oxygens (including phenoxy) is 3. The molecule has 17 heavy (non-hydrogen) atoms. The Bertz CT molecular complexity index is 356. The second-order valence-electron chi connectivity index (χ2n) is 5.29. The van der Waals surface area contributed by atoms with Gasteiger partial charge in [0.2, 0.25) is 5.79 Å². The Balaban J connectivity index is 1.82. The van der Waals surface area contributed by atoms with Crippen LogP contribution in [0.2, 0.25) is 0 Å². The Hall–Kier alpha value is -0.870. The van der Waals surface area contributed by atoms with Gasteiger partial charge in [-0.1, -0.05) is 6.58 Å². The van der Waals surface area contributed by atoms with Gasteiger partial charge in [-0.2, -0.15) is 0 Å². The summed E-state index contributed by atoms with van der Waals surface area (Å²) >= 11 is 0. The highest BCUT2D eigenvalue weighted by Crippen LogP contribution is 2.55. The van der Waals surface area contributed by atoms with Gasteiger partial charge in [0.1, 0.15) is 0 Å². The van der Waals surface area contributed by atoms with Gasteiger partial charge >= 0.3 is 5.97 Å². The summed E-state index contributed by atoms with van der Waals surface area (Å²) in [6, 6.07) is 0. The Kier molecular flexibility index (Phi) is 2.52. The molecular weight excluding hydrogens is 220 g/mol. The number of rotatable bonds is 2. The van der Waals surface area contributed by atoms with Crippen LogP contribution in [-0.4, -0.2) is 31.1 Å². The minimum Gasteiger partial charge on any atom is -0.453 e. The van der Waals surface area contributed by atoms with Crippen molar-refractivity contribution < 1.29 is 19.0 Å². The van der Waals surface area contributed by atoms with Gasteiger partial charge in [0, 0.05) is 17.4 Å². The first-order valence-electron chi connectivity index (χ1n) is 6.28. The fourth-order valence-corrected chi connectivity index (χ4v) is 3.46. The predicted octanol–water partition coefficient (Wildman–Crippen LogP) is 1.65. The van der Waals surface area contributed by atoms with Crippen molar-refractivity contribution in [1.82, 2.24) is 0 Å². The molecule has 3 unspecified atom stereocenters. The lowest BCUT2D eigenvalue weighted by Gasteiger charge is -2.38. The van der Waals surface area contributed by atoms with Gasteiger partial charge in [-0.15, -0.1) is 0 Å². The van der Waals surface area contributed by atoms with Gasteiger partial charge < -0.3 is 14.2 Å². The molecule has 1 spiro atoms. The summed E-state index contributed by atoms with van der Waals surface area (Å²) in [5, 5.41) is 0. The van der Waals surface area contributed by atoms with Crippen LogP contribution in [0.4, 0.5) is 0 Å². The molecule has 3 rings (SSSR count). The van der Waals surface area contributed by atoms with E-state index in [0.29, 0.717) is 30.6 Å². The molecule has 0 radical (unpaired) electrons. The molecular formula is C13H18O4. The van der Waals surface area contributed by atoms with Gasteiger partial charge in [-0.25, -0.2) is 4.79 Å². The van der Waals surface area contributed by atoms with Crippen LogP contribution in [0.5, 0.6) is 0 Å². The highest BCUT2D eigenvalue weighted by Gasteiger charge is 2.64. The predicted molar refractivity (Wildman–Crippen MR) is 60.2 cm³/mol. The lowest BCUT2D eigenvalue weighted by atomic mass is 9.91. The van der Waals surface area contributed by atoms with E-state index in [1.165, 1.54) is 0 Å². The SMILES string of the molecule is C=C(C)C(=O)OC1C2CCC(C2)C12OCCO2. The summed E-state index contributed by atoms with van der Waals surface area (Å²) in [4.78, 5) is 11.7. The van der Waals surface area contributed by atoms with Crippen LogP contribution < -0.4 is 0 Å². The molecule has 0 aromatic heterocycles. The molecule has 94 valence electrons. The summed E-state index contributed by atoms with van der Waals surface area (Å²) in [5.41, 5.74) is 0.431. The molecule has 2 saturated carbocycles. The third-order valence-electron chi connectivity index (χ3n) is 4.19. The van der Waals surface area contributed by atoms with Gasteiger partial charge in [-0.3, -0.25) is 0 Å². The first-order chi connectivity index (χ1) is 8.13. The molecule has 2 aliphatic carbocycles. The number of hydrogen-bond donors (Lipinski definition) is 0. The molecule has 0 aromatic rings. The zero-order valence-electron chi connectivity index (χ0n) is 10.1. The lowest BCUT2D eigenvalue weighted by molar-refractivity contribution is -0.251. The maximum atomic E-state index is 11.7. The molecule has 0 N–H and O–H groups in total. The van der Waals surface area contributed by atoms with E-state index in [2.05, 4.69) is 6.58 Å². The fraction of sp³-hybridized carbons (Fsp3) is 0.769. The van der Waals surface area contributed by atoms with Crippen molar-refractivity contribution >= 4 is 5.97 Å². The van der Waals surface area contributed by atoms with E-state index >= 15 is 0 Å². The van der Waals surface area contributed by atoms with Gasteiger partial charge in [0.25, 0.3) is 0 Å². The molecule has 0 aromatic carbocycles. The quantitative estimate of drug-likeness (QED) is 0.542. The van der Waals surface area contributed by atoms with E-state index in [4.69, 9.17) is 14.2 Å². The van der Waals surface area contributed by atoms with E-state index in [1.807, 2.05) is 0 Å². The number of hydrogen-bond acceptors (Lipinski definition) is 4. The van der Waals surface area contributed by atoms with Crippen LogP contribution in [0.25, 0.3) is 0 Å². The van der Waals surface area contributed by atoms with E-state index in [0.717, 1.165) is 19.3 Å². The summed E-state index contributed by atoms with van der Waals surface area (Å²) in [6.07, 6.45) is 3.03. The first kappa shape index (κ1) is 11.2. The number of esters is 1. The van der Waals surface area contributed by atoms with Crippen molar-refractivity contribution in [1.29, 1.82) is 0 Å². The molecule has 3 fully saturated rings. The molecule has 4 heteroatoms. The minimum absolute atomic E-state index is 0.243.